The highest BCUT2D eigenvalue weighted by atomic mass is 14.8. The molecule has 48 valence electrons. The largest absolute Gasteiger partial charge is 0.327 e. The Kier molecular flexibility index (Phi) is 1.31. The van der Waals surface area contributed by atoms with Gasteiger partial charge in [0.15, 0.2) is 0 Å². The molecule has 1 aliphatic rings. The van der Waals surface area contributed by atoms with E-state index >= 15 is 0 Å². The van der Waals surface area contributed by atoms with Crippen LogP contribution in [0.15, 0.2) is 0 Å². The molecule has 8 heavy (non-hydrogen) atoms. The van der Waals surface area contributed by atoms with E-state index in [0.29, 0.717) is 11.5 Å². The molecule has 0 saturated heterocycles. The lowest BCUT2D eigenvalue weighted by molar-refractivity contribution is 0.489. The fourth-order valence-corrected chi connectivity index (χ4v) is 1.30. The highest BCUT2D eigenvalue weighted by Gasteiger charge is 2.45. The zero-order valence-electron chi connectivity index (χ0n) is 5.78. The summed E-state index contributed by atoms with van der Waals surface area (Å²) in [6.45, 7) is 4.50. The van der Waals surface area contributed by atoms with Crippen molar-refractivity contribution in [2.24, 2.45) is 11.1 Å². The number of nitrogens with two attached hydrogens (primary N) is 1. The van der Waals surface area contributed by atoms with Gasteiger partial charge in [-0.05, 0) is 18.3 Å². The molecule has 1 fully saturated rings. The first kappa shape index (κ1) is 6.09. The summed E-state index contributed by atoms with van der Waals surface area (Å²) in [4.78, 5) is 0. The van der Waals surface area contributed by atoms with Crippen LogP contribution in [-0.2, 0) is 0 Å². The fraction of sp³-hybridized carbons (Fsp3) is 1.00. The Morgan fingerprint density at radius 2 is 2.25 bits per heavy atom. The Bertz CT molecular complexity index is 90.4. The molecule has 1 rings (SSSR count). The van der Waals surface area contributed by atoms with Crippen LogP contribution in [0.2, 0.25) is 0 Å². The molecule has 0 amide bonds. The Hall–Kier alpha value is -0.0400. The van der Waals surface area contributed by atoms with Gasteiger partial charge in [0.2, 0.25) is 0 Å². The molecule has 0 spiro atoms. The summed E-state index contributed by atoms with van der Waals surface area (Å²) in [5, 5.41) is 0. The van der Waals surface area contributed by atoms with Crippen molar-refractivity contribution < 1.29 is 0 Å². The fourth-order valence-electron chi connectivity index (χ4n) is 1.30. The number of hydrogen-bond donors (Lipinski definition) is 1. The average Bonchev–Trinajstić information content (AvgIpc) is 2.16. The molecule has 0 aromatic heterocycles. The number of hydrogen-bond acceptors (Lipinski definition) is 1. The zero-order chi connectivity index (χ0) is 6.20. The van der Waals surface area contributed by atoms with E-state index in [1.807, 2.05) is 0 Å². The highest BCUT2D eigenvalue weighted by Crippen LogP contribution is 2.47. The predicted octanol–water partition coefficient (Wildman–Crippen LogP) is 1.52. The number of rotatable bonds is 2. The first-order valence-electron chi connectivity index (χ1n) is 3.44. The third-order valence-corrected chi connectivity index (χ3v) is 2.24. The maximum absolute atomic E-state index is 5.69. The van der Waals surface area contributed by atoms with E-state index in [1.165, 1.54) is 19.3 Å². The van der Waals surface area contributed by atoms with Crippen LogP contribution in [0.3, 0.4) is 0 Å². The molecule has 2 atom stereocenters. The van der Waals surface area contributed by atoms with Crippen molar-refractivity contribution >= 4 is 0 Å². The minimum absolute atomic E-state index is 0.516. The van der Waals surface area contributed by atoms with E-state index in [0.717, 1.165) is 0 Å². The van der Waals surface area contributed by atoms with Crippen LogP contribution in [0.4, 0.5) is 0 Å². The van der Waals surface area contributed by atoms with Crippen LogP contribution < -0.4 is 5.73 Å². The van der Waals surface area contributed by atoms with Crippen LogP contribution in [-0.4, -0.2) is 6.04 Å². The van der Waals surface area contributed by atoms with E-state index in [4.69, 9.17) is 5.73 Å². The van der Waals surface area contributed by atoms with Gasteiger partial charge in [-0.15, -0.1) is 0 Å². The van der Waals surface area contributed by atoms with E-state index in [2.05, 4.69) is 13.8 Å². The zero-order valence-corrected chi connectivity index (χ0v) is 5.78. The second-order valence-electron chi connectivity index (χ2n) is 3.21. The van der Waals surface area contributed by atoms with Crippen molar-refractivity contribution in [3.05, 3.63) is 0 Å². The van der Waals surface area contributed by atoms with Crippen molar-refractivity contribution in [1.29, 1.82) is 0 Å². The molecule has 0 bridgehead atoms. The molecular weight excluding hydrogens is 98.1 g/mol. The molecule has 1 nitrogen and oxygen atoms in total. The van der Waals surface area contributed by atoms with E-state index < -0.39 is 0 Å². The summed E-state index contributed by atoms with van der Waals surface area (Å²) in [5.41, 5.74) is 6.22. The lowest BCUT2D eigenvalue weighted by Crippen LogP contribution is -2.09. The second kappa shape index (κ2) is 1.73. The molecule has 0 aromatic carbocycles. The van der Waals surface area contributed by atoms with Gasteiger partial charge in [-0.3, -0.25) is 0 Å². The van der Waals surface area contributed by atoms with E-state index in [9.17, 15) is 0 Å². The molecule has 0 aliphatic heterocycles. The maximum Gasteiger partial charge on any atom is 0.00992 e. The van der Waals surface area contributed by atoms with Gasteiger partial charge in [-0.2, -0.15) is 0 Å². The minimum Gasteiger partial charge on any atom is -0.327 e. The lowest BCUT2D eigenvalue weighted by atomic mass is 10.0. The monoisotopic (exact) mass is 113 g/mol. The molecule has 1 saturated carbocycles. The van der Waals surface area contributed by atoms with Crippen molar-refractivity contribution in [3.8, 4) is 0 Å². The van der Waals surface area contributed by atoms with E-state index in [1.54, 1.807) is 0 Å². The topological polar surface area (TPSA) is 26.0 Å². The standard InChI is InChI=1S/C7H15N/c1-3-4-7(2)5-6(7)8/h6H,3-5,8H2,1-2H3/t6-,7?/m1/s1. The van der Waals surface area contributed by atoms with Gasteiger partial charge in [0.1, 0.15) is 0 Å². The summed E-state index contributed by atoms with van der Waals surface area (Å²) in [6, 6.07) is 0.516. The normalized spacial score (nSPS) is 44.6. The van der Waals surface area contributed by atoms with Crippen LogP contribution in [0.5, 0.6) is 0 Å². The summed E-state index contributed by atoms with van der Waals surface area (Å²) < 4.78 is 0. The van der Waals surface area contributed by atoms with Gasteiger partial charge in [-0.1, -0.05) is 20.3 Å². The van der Waals surface area contributed by atoms with Crippen LogP contribution >= 0.6 is 0 Å². The third-order valence-electron chi connectivity index (χ3n) is 2.24. The lowest BCUT2D eigenvalue weighted by Gasteiger charge is -2.04. The quantitative estimate of drug-likeness (QED) is 0.577. The van der Waals surface area contributed by atoms with Crippen molar-refractivity contribution in [3.63, 3.8) is 0 Å². The molecule has 0 aromatic rings. The van der Waals surface area contributed by atoms with Crippen LogP contribution in [0.25, 0.3) is 0 Å². The Morgan fingerprint density at radius 1 is 1.75 bits per heavy atom. The smallest absolute Gasteiger partial charge is 0.00992 e. The summed E-state index contributed by atoms with van der Waals surface area (Å²) in [5.74, 6) is 0. The van der Waals surface area contributed by atoms with Gasteiger partial charge >= 0.3 is 0 Å². The molecule has 1 aliphatic carbocycles. The van der Waals surface area contributed by atoms with E-state index in [-0.39, 0.29) is 0 Å². The summed E-state index contributed by atoms with van der Waals surface area (Å²) >= 11 is 0. The molecule has 0 radical (unpaired) electrons. The first-order chi connectivity index (χ1) is 3.69. The Morgan fingerprint density at radius 3 is 2.38 bits per heavy atom. The third kappa shape index (κ3) is 0.873. The Balaban J connectivity index is 2.25. The minimum atomic E-state index is 0.516. The summed E-state index contributed by atoms with van der Waals surface area (Å²) in [6.07, 6.45) is 3.85. The van der Waals surface area contributed by atoms with Crippen molar-refractivity contribution in [2.45, 2.75) is 39.2 Å². The van der Waals surface area contributed by atoms with Crippen LogP contribution in [0.1, 0.15) is 33.1 Å². The molecule has 1 heteroatoms. The van der Waals surface area contributed by atoms with Gasteiger partial charge in [-0.25, -0.2) is 0 Å². The van der Waals surface area contributed by atoms with Crippen LogP contribution in [0, 0.1) is 5.41 Å². The second-order valence-corrected chi connectivity index (χ2v) is 3.21. The van der Waals surface area contributed by atoms with Gasteiger partial charge in [0.25, 0.3) is 0 Å². The van der Waals surface area contributed by atoms with Gasteiger partial charge < -0.3 is 5.73 Å². The molecule has 0 heterocycles. The average molecular weight is 113 g/mol. The molecule has 2 N–H and O–H groups in total. The van der Waals surface area contributed by atoms with Gasteiger partial charge in [0, 0.05) is 6.04 Å². The van der Waals surface area contributed by atoms with Crippen molar-refractivity contribution in [2.75, 3.05) is 0 Å². The predicted molar refractivity (Wildman–Crippen MR) is 35.6 cm³/mol. The van der Waals surface area contributed by atoms with Gasteiger partial charge in [0.05, 0.1) is 0 Å². The SMILES string of the molecule is CCCC1(C)C[C@H]1N. The molecule has 1 unspecified atom stereocenters. The van der Waals surface area contributed by atoms with Crippen molar-refractivity contribution in [1.82, 2.24) is 0 Å². The highest BCUT2D eigenvalue weighted by molar-refractivity contribution is 5.01. The molecular formula is C7H15N. The first-order valence-corrected chi connectivity index (χ1v) is 3.44. The Labute approximate surface area is 51.3 Å². The maximum atomic E-state index is 5.69. The summed E-state index contributed by atoms with van der Waals surface area (Å²) in [7, 11) is 0.